The monoisotopic (exact) mass is 501 g/mol. The largest absolute Gasteiger partial charge is 0.416 e. The summed E-state index contributed by atoms with van der Waals surface area (Å²) in [7, 11) is 0. The van der Waals surface area contributed by atoms with Gasteiger partial charge in [-0.05, 0) is 66.6 Å². The van der Waals surface area contributed by atoms with Crippen LogP contribution in [-0.2, 0) is 12.7 Å². The maximum absolute atomic E-state index is 13.4. The van der Waals surface area contributed by atoms with Crippen molar-refractivity contribution in [3.63, 3.8) is 0 Å². The van der Waals surface area contributed by atoms with Crippen LogP contribution in [0, 0.1) is 0 Å². The Labute approximate surface area is 205 Å². The first kappa shape index (κ1) is 23.4. The van der Waals surface area contributed by atoms with Crippen LogP contribution in [0.2, 0.25) is 0 Å². The van der Waals surface area contributed by atoms with E-state index in [1.165, 1.54) is 6.07 Å². The van der Waals surface area contributed by atoms with E-state index in [2.05, 4.69) is 15.1 Å². The van der Waals surface area contributed by atoms with Crippen LogP contribution in [0.3, 0.4) is 0 Å². The number of rotatable bonds is 4. The van der Waals surface area contributed by atoms with Crippen molar-refractivity contribution >= 4 is 35.0 Å². The molecule has 2 aliphatic heterocycles. The van der Waals surface area contributed by atoms with E-state index in [1.54, 1.807) is 29.2 Å². The zero-order valence-corrected chi connectivity index (χ0v) is 19.4. The third-order valence-electron chi connectivity index (χ3n) is 6.37. The highest BCUT2D eigenvalue weighted by molar-refractivity contribution is 6.13. The van der Waals surface area contributed by atoms with Crippen LogP contribution in [0.4, 0.5) is 35.2 Å². The average Bonchev–Trinajstić information content (AvgIpc) is 2.85. The van der Waals surface area contributed by atoms with E-state index in [9.17, 15) is 18.0 Å². The molecule has 182 valence electrons. The van der Waals surface area contributed by atoms with Gasteiger partial charge in [0, 0.05) is 30.9 Å². The van der Waals surface area contributed by atoms with Gasteiger partial charge in [-0.3, -0.25) is 4.90 Å². The number of carbonyl (C=O) groups excluding carboxylic acids is 1. The summed E-state index contributed by atoms with van der Waals surface area (Å²) in [6, 6.07) is 15.5. The Morgan fingerprint density at radius 1 is 1.11 bits per heavy atom. The summed E-state index contributed by atoms with van der Waals surface area (Å²) in [6.45, 7) is 2.03. The number of aromatic nitrogens is 1. The molecule has 3 aromatic rings. The molecule has 1 aromatic heterocycles. The number of anilines is 3. The van der Waals surface area contributed by atoms with Crippen LogP contribution < -0.4 is 20.0 Å². The molecule has 10 heteroatoms. The van der Waals surface area contributed by atoms with Crippen LogP contribution >= 0.6 is 11.8 Å². The molecule has 0 radical (unpaired) electrons. The lowest BCUT2D eigenvalue weighted by atomic mass is 9.99. The van der Waals surface area contributed by atoms with Gasteiger partial charge in [-0.2, -0.15) is 13.2 Å². The number of carbonyl (C=O) groups is 1. The number of piperidine rings is 1. The Kier molecular flexibility index (Phi) is 6.29. The number of hydrogen-bond acceptors (Lipinski definition) is 4. The van der Waals surface area contributed by atoms with E-state index in [0.717, 1.165) is 42.8 Å². The quantitative estimate of drug-likeness (QED) is 0.428. The van der Waals surface area contributed by atoms with E-state index in [4.69, 9.17) is 16.8 Å². The normalized spacial score (nSPS) is 17.2. The van der Waals surface area contributed by atoms with E-state index in [1.807, 2.05) is 18.2 Å². The molecule has 2 aromatic carbocycles. The van der Waals surface area contributed by atoms with E-state index < -0.39 is 11.7 Å². The second-order valence-electron chi connectivity index (χ2n) is 8.67. The van der Waals surface area contributed by atoms with Crippen LogP contribution in [0.15, 0.2) is 60.7 Å². The molecule has 5 rings (SSSR count). The molecule has 1 saturated heterocycles. The SMILES string of the molecule is O=C(Nc1ccc(CNCl)cc1)N1c2nc(-c3cccc(C(F)(F)F)c3)ccc2N2CCC[C@H]1C2. The minimum absolute atomic E-state index is 0.0831. The molecule has 2 amide bonds. The van der Waals surface area contributed by atoms with Crippen molar-refractivity contribution in [1.82, 2.24) is 9.82 Å². The van der Waals surface area contributed by atoms with Gasteiger partial charge in [0.05, 0.1) is 23.0 Å². The zero-order chi connectivity index (χ0) is 24.6. The Morgan fingerprint density at radius 3 is 2.66 bits per heavy atom. The lowest BCUT2D eigenvalue weighted by Crippen LogP contribution is -2.56. The van der Waals surface area contributed by atoms with Crippen LogP contribution in [-0.4, -0.2) is 30.1 Å². The molecule has 35 heavy (non-hydrogen) atoms. The Morgan fingerprint density at radius 2 is 1.91 bits per heavy atom. The number of alkyl halides is 3. The first-order valence-corrected chi connectivity index (χ1v) is 11.7. The number of hydrogen-bond donors (Lipinski definition) is 2. The fourth-order valence-corrected chi connectivity index (χ4v) is 4.82. The molecule has 2 N–H and O–H groups in total. The third kappa shape index (κ3) is 4.78. The number of halogens is 4. The van der Waals surface area contributed by atoms with Crippen molar-refractivity contribution in [2.75, 3.05) is 28.2 Å². The van der Waals surface area contributed by atoms with Crippen LogP contribution in [0.1, 0.15) is 24.0 Å². The van der Waals surface area contributed by atoms with Gasteiger partial charge < -0.3 is 10.2 Å². The number of amides is 2. The third-order valence-corrected chi connectivity index (χ3v) is 6.50. The first-order valence-electron chi connectivity index (χ1n) is 11.3. The Balaban J connectivity index is 1.49. The van der Waals surface area contributed by atoms with Crippen LogP contribution in [0.25, 0.3) is 11.3 Å². The molecule has 0 saturated carbocycles. The summed E-state index contributed by atoms with van der Waals surface area (Å²) in [5.74, 6) is 0.455. The van der Waals surface area contributed by atoms with Crippen molar-refractivity contribution in [2.45, 2.75) is 31.6 Å². The fourth-order valence-electron chi connectivity index (χ4n) is 4.67. The van der Waals surface area contributed by atoms with Crippen molar-refractivity contribution in [1.29, 1.82) is 0 Å². The predicted octanol–water partition coefficient (Wildman–Crippen LogP) is 6.03. The van der Waals surface area contributed by atoms with E-state index in [0.29, 0.717) is 35.9 Å². The molecular formula is C25H23ClF3N5O. The molecule has 2 aliphatic rings. The van der Waals surface area contributed by atoms with Gasteiger partial charge in [-0.25, -0.2) is 14.6 Å². The minimum Gasteiger partial charge on any atom is -0.366 e. The van der Waals surface area contributed by atoms with Gasteiger partial charge in [0.2, 0.25) is 0 Å². The molecule has 0 spiro atoms. The lowest BCUT2D eigenvalue weighted by molar-refractivity contribution is -0.137. The van der Waals surface area contributed by atoms with Crippen molar-refractivity contribution in [2.24, 2.45) is 0 Å². The van der Waals surface area contributed by atoms with Gasteiger partial charge in [0.1, 0.15) is 0 Å². The molecule has 6 nitrogen and oxygen atoms in total. The number of benzene rings is 2. The molecule has 0 aliphatic carbocycles. The van der Waals surface area contributed by atoms with Gasteiger partial charge in [-0.1, -0.05) is 24.3 Å². The summed E-state index contributed by atoms with van der Waals surface area (Å²) >= 11 is 5.55. The highest BCUT2D eigenvalue weighted by Crippen LogP contribution is 2.40. The van der Waals surface area contributed by atoms with Crippen molar-refractivity contribution in [3.8, 4) is 11.3 Å². The molecular weight excluding hydrogens is 479 g/mol. The summed E-state index contributed by atoms with van der Waals surface area (Å²) < 4.78 is 39.8. The Bertz CT molecular complexity index is 1230. The molecule has 1 atom stereocenters. The Hall–Kier alpha value is -3.30. The minimum atomic E-state index is -4.45. The van der Waals surface area contributed by atoms with Gasteiger partial charge in [0.15, 0.2) is 5.82 Å². The molecule has 2 bridgehead atoms. The van der Waals surface area contributed by atoms with Gasteiger partial charge in [0.25, 0.3) is 0 Å². The summed E-state index contributed by atoms with van der Waals surface area (Å²) in [4.78, 5) is 24.5. The van der Waals surface area contributed by atoms with Crippen LogP contribution in [0.5, 0.6) is 0 Å². The second kappa shape index (κ2) is 9.39. The fraction of sp³-hybridized carbons (Fsp3) is 0.280. The summed E-state index contributed by atoms with van der Waals surface area (Å²) in [6.07, 6.45) is -2.70. The van der Waals surface area contributed by atoms with E-state index in [-0.39, 0.29) is 12.1 Å². The predicted molar refractivity (Wildman–Crippen MR) is 131 cm³/mol. The van der Waals surface area contributed by atoms with Gasteiger partial charge in [-0.15, -0.1) is 0 Å². The van der Waals surface area contributed by atoms with E-state index >= 15 is 0 Å². The number of urea groups is 1. The second-order valence-corrected chi connectivity index (χ2v) is 8.93. The topological polar surface area (TPSA) is 60.5 Å². The smallest absolute Gasteiger partial charge is 0.366 e. The zero-order valence-electron chi connectivity index (χ0n) is 18.6. The first-order chi connectivity index (χ1) is 16.8. The maximum Gasteiger partial charge on any atom is 0.416 e. The highest BCUT2D eigenvalue weighted by Gasteiger charge is 2.38. The number of pyridine rings is 1. The molecule has 3 heterocycles. The van der Waals surface area contributed by atoms with Crippen molar-refractivity contribution in [3.05, 3.63) is 71.8 Å². The van der Waals surface area contributed by atoms with Crippen molar-refractivity contribution < 1.29 is 18.0 Å². The number of fused-ring (bicyclic) bond motifs is 4. The van der Waals surface area contributed by atoms with Gasteiger partial charge >= 0.3 is 12.2 Å². The highest BCUT2D eigenvalue weighted by atomic mass is 35.5. The summed E-state index contributed by atoms with van der Waals surface area (Å²) in [5, 5.41) is 2.94. The number of nitrogens with one attached hydrogen (secondary N) is 2. The lowest BCUT2D eigenvalue weighted by Gasteiger charge is -2.45. The maximum atomic E-state index is 13.4. The molecule has 1 fully saturated rings. The number of nitrogens with zero attached hydrogens (tertiary/aromatic N) is 3. The average molecular weight is 502 g/mol. The molecule has 0 unspecified atom stereocenters. The summed E-state index contributed by atoms with van der Waals surface area (Å²) in [5.41, 5.74) is 2.38. The standard InChI is InChI=1S/C25H23ClF3N5O/c26-30-14-16-6-8-19(9-7-16)31-24(35)34-20-5-2-12-33(15-20)22-11-10-21(32-23(22)34)17-3-1-4-18(13-17)25(27,28)29/h1,3-4,6-11,13,20,30H,2,5,12,14-15H2,(H,31,35)/t20-/m0/s1.